The number of carbonyl (C=O) groups is 1. The van der Waals surface area contributed by atoms with Crippen molar-refractivity contribution < 1.29 is 18.0 Å². The third-order valence-corrected chi connectivity index (χ3v) is 5.49. The van der Waals surface area contributed by atoms with Crippen LogP contribution in [0.5, 0.6) is 0 Å². The smallest absolute Gasteiger partial charge is 0.337 e. The predicted molar refractivity (Wildman–Crippen MR) is 91.4 cm³/mol. The Morgan fingerprint density at radius 2 is 1.92 bits per heavy atom. The Kier molecular flexibility index (Phi) is 6.64. The van der Waals surface area contributed by atoms with E-state index in [2.05, 4.69) is 11.4 Å². The van der Waals surface area contributed by atoms with Gasteiger partial charge in [0.15, 0.2) is 0 Å². The molecule has 0 atom stereocenters. The van der Waals surface area contributed by atoms with Gasteiger partial charge in [-0.2, -0.15) is 18.4 Å². The molecule has 0 radical (unpaired) electrons. The summed E-state index contributed by atoms with van der Waals surface area (Å²) < 4.78 is 38.6. The van der Waals surface area contributed by atoms with Gasteiger partial charge < -0.3 is 5.32 Å². The van der Waals surface area contributed by atoms with Gasteiger partial charge in [-0.3, -0.25) is 4.79 Å². The highest BCUT2D eigenvalue weighted by Gasteiger charge is 2.34. The first-order valence-corrected chi connectivity index (χ1v) is 9.34. The molecule has 1 aromatic rings. The maximum atomic E-state index is 12.9. The highest BCUT2D eigenvalue weighted by atomic mass is 35.5. The normalized spacial score (nSPS) is 17.4. The number of carbonyl (C=O) groups excluding carboxylic acids is 1. The number of nitrogens with zero attached hydrogens (tertiary/aromatic N) is 1. The van der Waals surface area contributed by atoms with Gasteiger partial charge in [0, 0.05) is 4.90 Å². The molecule has 1 aliphatic rings. The molecule has 1 saturated carbocycles. The summed E-state index contributed by atoms with van der Waals surface area (Å²) in [7, 11) is 0. The summed E-state index contributed by atoms with van der Waals surface area (Å²) >= 11 is 6.57. The molecule has 136 valence electrons. The van der Waals surface area contributed by atoms with Crippen LogP contribution in [0.25, 0.3) is 0 Å². The van der Waals surface area contributed by atoms with E-state index in [-0.39, 0.29) is 16.7 Å². The average Bonchev–Trinajstić information content (AvgIpc) is 2.79. The maximum Gasteiger partial charge on any atom is 0.417 e. The molecule has 0 bridgehead atoms. The summed E-state index contributed by atoms with van der Waals surface area (Å²) in [5.41, 5.74) is -1.78. The number of alkyl halides is 3. The van der Waals surface area contributed by atoms with Crippen LogP contribution in [0.2, 0.25) is 5.02 Å². The zero-order valence-electron chi connectivity index (χ0n) is 13.5. The molecular weight excluding hydrogens is 373 g/mol. The van der Waals surface area contributed by atoms with Gasteiger partial charge in [-0.1, -0.05) is 37.3 Å². The summed E-state index contributed by atoms with van der Waals surface area (Å²) in [4.78, 5) is 12.5. The first-order chi connectivity index (χ1) is 11.8. The maximum absolute atomic E-state index is 12.9. The topological polar surface area (TPSA) is 52.9 Å². The fraction of sp³-hybridized carbons (Fsp3) is 0.529. The zero-order valence-corrected chi connectivity index (χ0v) is 15.0. The number of rotatable bonds is 4. The summed E-state index contributed by atoms with van der Waals surface area (Å²) in [5.74, 6) is -0.403. The quantitative estimate of drug-likeness (QED) is 0.569. The standard InChI is InChI=1S/C17H18ClF3N2OS/c18-14-6-5-12(9-13(14)17(19,20)21)25-10-15(24)23-16(11-22)7-3-1-2-4-8-16/h5-6,9H,1-4,7-8,10H2,(H,23,24). The molecule has 8 heteroatoms. The summed E-state index contributed by atoms with van der Waals surface area (Å²) in [5, 5.41) is 11.9. The van der Waals surface area contributed by atoms with Gasteiger partial charge in [0.2, 0.25) is 5.91 Å². The molecule has 2 rings (SSSR count). The van der Waals surface area contributed by atoms with Crippen molar-refractivity contribution in [3.63, 3.8) is 0 Å². The van der Waals surface area contributed by atoms with E-state index in [1.807, 2.05) is 0 Å². The Labute approximate surface area is 153 Å². The minimum atomic E-state index is -4.54. The van der Waals surface area contributed by atoms with Gasteiger partial charge in [-0.05, 0) is 31.0 Å². The number of thioether (sulfide) groups is 1. The lowest BCUT2D eigenvalue weighted by Crippen LogP contribution is -2.47. The van der Waals surface area contributed by atoms with Gasteiger partial charge in [0.25, 0.3) is 0 Å². The second-order valence-corrected chi connectivity index (χ2v) is 7.54. The molecule has 1 aliphatic carbocycles. The molecule has 1 amide bonds. The summed E-state index contributed by atoms with van der Waals surface area (Å²) in [6.07, 6.45) is 0.525. The van der Waals surface area contributed by atoms with Crippen LogP contribution >= 0.6 is 23.4 Å². The lowest BCUT2D eigenvalue weighted by atomic mass is 9.92. The Morgan fingerprint density at radius 3 is 2.48 bits per heavy atom. The van der Waals surface area contributed by atoms with E-state index in [1.165, 1.54) is 12.1 Å². The van der Waals surface area contributed by atoms with Crippen LogP contribution in [-0.4, -0.2) is 17.2 Å². The fourth-order valence-corrected chi connectivity index (χ4v) is 3.82. The van der Waals surface area contributed by atoms with E-state index in [1.54, 1.807) is 0 Å². The highest BCUT2D eigenvalue weighted by Crippen LogP contribution is 2.37. The van der Waals surface area contributed by atoms with Crippen molar-refractivity contribution in [3.05, 3.63) is 28.8 Å². The lowest BCUT2D eigenvalue weighted by Gasteiger charge is -2.26. The van der Waals surface area contributed by atoms with E-state index in [0.29, 0.717) is 17.7 Å². The van der Waals surface area contributed by atoms with Crippen LogP contribution < -0.4 is 5.32 Å². The molecule has 0 unspecified atom stereocenters. The molecule has 1 fully saturated rings. The van der Waals surface area contributed by atoms with Crippen molar-refractivity contribution in [1.82, 2.24) is 5.32 Å². The largest absolute Gasteiger partial charge is 0.417 e. The molecule has 0 aromatic heterocycles. The molecule has 0 spiro atoms. The van der Waals surface area contributed by atoms with Crippen molar-refractivity contribution in [2.75, 3.05) is 5.75 Å². The summed E-state index contributed by atoms with van der Waals surface area (Å²) in [6, 6.07) is 5.77. The van der Waals surface area contributed by atoms with E-state index < -0.39 is 17.3 Å². The van der Waals surface area contributed by atoms with Crippen LogP contribution in [0, 0.1) is 11.3 Å². The molecule has 0 saturated heterocycles. The second-order valence-electron chi connectivity index (χ2n) is 6.08. The SMILES string of the molecule is N#CC1(NC(=O)CSc2ccc(Cl)c(C(F)(F)F)c2)CCCCCC1. The Balaban J connectivity index is 1.99. The summed E-state index contributed by atoms with van der Waals surface area (Å²) in [6.45, 7) is 0. The van der Waals surface area contributed by atoms with Crippen molar-refractivity contribution in [2.45, 2.75) is 55.1 Å². The zero-order chi connectivity index (χ0) is 18.5. The minimum absolute atomic E-state index is 0.0532. The van der Waals surface area contributed by atoms with Gasteiger partial charge in [-0.15, -0.1) is 11.8 Å². The van der Waals surface area contributed by atoms with Crippen LogP contribution in [0.3, 0.4) is 0 Å². The minimum Gasteiger partial charge on any atom is -0.337 e. The number of nitrogens with one attached hydrogen (secondary N) is 1. The lowest BCUT2D eigenvalue weighted by molar-refractivity contribution is -0.137. The van der Waals surface area contributed by atoms with Crippen molar-refractivity contribution >= 4 is 29.3 Å². The van der Waals surface area contributed by atoms with Gasteiger partial charge in [-0.25, -0.2) is 0 Å². The number of benzene rings is 1. The highest BCUT2D eigenvalue weighted by molar-refractivity contribution is 8.00. The Hall–Kier alpha value is -1.39. The van der Waals surface area contributed by atoms with Gasteiger partial charge in [0.1, 0.15) is 5.54 Å². The number of hydrogen-bond acceptors (Lipinski definition) is 3. The monoisotopic (exact) mass is 390 g/mol. The molecular formula is C17H18ClF3N2OS. The number of nitriles is 1. The Bertz CT molecular complexity index is 665. The molecule has 0 heterocycles. The molecule has 3 nitrogen and oxygen atoms in total. The predicted octanol–water partition coefficient (Wildman–Crippen LogP) is 5.18. The molecule has 0 aliphatic heterocycles. The van der Waals surface area contributed by atoms with Crippen molar-refractivity contribution in [3.8, 4) is 6.07 Å². The van der Waals surface area contributed by atoms with Gasteiger partial charge in [0.05, 0.1) is 22.4 Å². The first-order valence-electron chi connectivity index (χ1n) is 7.98. The van der Waals surface area contributed by atoms with E-state index in [9.17, 15) is 23.2 Å². The Morgan fingerprint density at radius 1 is 1.28 bits per heavy atom. The van der Waals surface area contributed by atoms with Crippen molar-refractivity contribution in [2.24, 2.45) is 0 Å². The van der Waals surface area contributed by atoms with Crippen LogP contribution in [0.1, 0.15) is 44.1 Å². The molecule has 25 heavy (non-hydrogen) atoms. The average molecular weight is 391 g/mol. The van der Waals surface area contributed by atoms with Crippen LogP contribution in [0.15, 0.2) is 23.1 Å². The number of hydrogen-bond donors (Lipinski definition) is 1. The molecule has 1 N–H and O–H groups in total. The third kappa shape index (κ3) is 5.55. The number of halogens is 4. The van der Waals surface area contributed by atoms with Crippen LogP contribution in [-0.2, 0) is 11.0 Å². The van der Waals surface area contributed by atoms with Gasteiger partial charge >= 0.3 is 6.18 Å². The van der Waals surface area contributed by atoms with Crippen molar-refractivity contribution in [1.29, 1.82) is 5.26 Å². The second kappa shape index (κ2) is 8.33. The van der Waals surface area contributed by atoms with Crippen LogP contribution in [0.4, 0.5) is 13.2 Å². The van der Waals surface area contributed by atoms with E-state index in [0.717, 1.165) is 43.5 Å². The van der Waals surface area contributed by atoms with E-state index >= 15 is 0 Å². The third-order valence-electron chi connectivity index (χ3n) is 4.16. The molecule has 1 aromatic carbocycles. The first kappa shape index (κ1) is 19.9. The number of amides is 1. The van der Waals surface area contributed by atoms with E-state index in [4.69, 9.17) is 11.6 Å². The fourth-order valence-electron chi connectivity index (χ4n) is 2.86.